The molecular weight excluding hydrogens is 314 g/mol. The fourth-order valence-corrected chi connectivity index (χ4v) is 3.41. The van der Waals surface area contributed by atoms with Gasteiger partial charge in [0, 0.05) is 31.7 Å². The molecule has 1 unspecified atom stereocenters. The summed E-state index contributed by atoms with van der Waals surface area (Å²) in [7, 11) is 0. The summed E-state index contributed by atoms with van der Waals surface area (Å²) in [4.78, 5) is 7.31. The molecule has 3 rings (SSSR count). The largest absolute Gasteiger partial charge is 0.357 e. The number of likely N-dealkylation sites (N-methyl/N-ethyl adjacent to an activating group) is 1. The van der Waals surface area contributed by atoms with E-state index in [-0.39, 0.29) is 0 Å². The molecule has 1 aliphatic rings. The summed E-state index contributed by atoms with van der Waals surface area (Å²) in [5.74, 6) is 1.85. The molecule has 0 amide bonds. The van der Waals surface area contributed by atoms with Crippen LogP contribution in [0, 0.1) is 0 Å². The number of aromatic nitrogens is 3. The van der Waals surface area contributed by atoms with E-state index in [4.69, 9.17) is 4.99 Å². The zero-order valence-corrected chi connectivity index (χ0v) is 15.3. The van der Waals surface area contributed by atoms with Crippen molar-refractivity contribution in [3.8, 4) is 0 Å². The first-order chi connectivity index (χ1) is 12.3. The Morgan fingerprint density at radius 1 is 1.28 bits per heavy atom. The number of fused-ring (bicyclic) bond motifs is 1. The predicted molar refractivity (Wildman–Crippen MR) is 101 cm³/mol. The third kappa shape index (κ3) is 4.48. The molecule has 0 saturated carbocycles. The molecule has 0 bridgehead atoms. The molecule has 0 aromatic carbocycles. The van der Waals surface area contributed by atoms with Crippen LogP contribution in [0.25, 0.3) is 5.65 Å². The maximum Gasteiger partial charge on any atom is 0.191 e. The highest BCUT2D eigenvalue weighted by atomic mass is 15.3. The molecule has 136 valence electrons. The highest BCUT2D eigenvalue weighted by Crippen LogP contribution is 2.16. The van der Waals surface area contributed by atoms with Gasteiger partial charge in [-0.3, -0.25) is 14.3 Å². The molecule has 1 atom stereocenters. The molecule has 3 heterocycles. The summed E-state index contributed by atoms with van der Waals surface area (Å²) >= 11 is 0. The summed E-state index contributed by atoms with van der Waals surface area (Å²) in [6.45, 7) is 9.15. The maximum atomic E-state index is 4.78. The van der Waals surface area contributed by atoms with Gasteiger partial charge in [0.1, 0.15) is 5.82 Å². The number of rotatable bonds is 7. The minimum absolute atomic E-state index is 0.584. The summed E-state index contributed by atoms with van der Waals surface area (Å²) in [6.07, 6.45) is 5.35. The van der Waals surface area contributed by atoms with Gasteiger partial charge in [0.05, 0.1) is 6.54 Å². The van der Waals surface area contributed by atoms with Crippen molar-refractivity contribution in [1.82, 2.24) is 30.1 Å². The van der Waals surface area contributed by atoms with E-state index in [1.807, 2.05) is 28.8 Å². The minimum Gasteiger partial charge on any atom is -0.357 e. The third-order valence-corrected chi connectivity index (χ3v) is 4.74. The van der Waals surface area contributed by atoms with Crippen molar-refractivity contribution in [2.75, 3.05) is 32.7 Å². The molecule has 2 aromatic rings. The van der Waals surface area contributed by atoms with Crippen LogP contribution in [0.4, 0.5) is 0 Å². The predicted octanol–water partition coefficient (Wildman–Crippen LogP) is 1.31. The zero-order valence-electron chi connectivity index (χ0n) is 15.3. The number of pyridine rings is 1. The average molecular weight is 343 g/mol. The van der Waals surface area contributed by atoms with Gasteiger partial charge in [0.15, 0.2) is 11.6 Å². The summed E-state index contributed by atoms with van der Waals surface area (Å²) in [5, 5.41) is 15.2. The van der Waals surface area contributed by atoms with Crippen LogP contribution in [0.3, 0.4) is 0 Å². The fourth-order valence-electron chi connectivity index (χ4n) is 3.41. The molecular formula is C18H29N7. The Morgan fingerprint density at radius 2 is 2.20 bits per heavy atom. The van der Waals surface area contributed by atoms with E-state index in [1.165, 1.54) is 19.4 Å². The number of nitrogens with zero attached hydrogens (tertiary/aromatic N) is 5. The van der Waals surface area contributed by atoms with Crippen LogP contribution in [0.5, 0.6) is 0 Å². The van der Waals surface area contributed by atoms with Crippen LogP contribution in [0.2, 0.25) is 0 Å². The van der Waals surface area contributed by atoms with Crippen molar-refractivity contribution in [2.24, 2.45) is 4.99 Å². The summed E-state index contributed by atoms with van der Waals surface area (Å²) in [5.41, 5.74) is 0.888. The molecule has 1 aliphatic heterocycles. The number of nitrogens with one attached hydrogen (secondary N) is 2. The van der Waals surface area contributed by atoms with Gasteiger partial charge in [-0.1, -0.05) is 13.0 Å². The Morgan fingerprint density at radius 3 is 3.04 bits per heavy atom. The second-order valence-corrected chi connectivity index (χ2v) is 6.37. The average Bonchev–Trinajstić information content (AvgIpc) is 3.26. The lowest BCUT2D eigenvalue weighted by molar-refractivity contribution is 0.273. The molecule has 7 nitrogen and oxygen atoms in total. The highest BCUT2D eigenvalue weighted by molar-refractivity contribution is 5.79. The second kappa shape index (κ2) is 8.80. The van der Waals surface area contributed by atoms with Gasteiger partial charge < -0.3 is 10.6 Å². The van der Waals surface area contributed by atoms with E-state index in [2.05, 4.69) is 39.6 Å². The lowest BCUT2D eigenvalue weighted by Gasteiger charge is -2.21. The SMILES string of the molecule is CCNC(=NCC1CCCN1CC)NCCc1nnc2ccccn12. The van der Waals surface area contributed by atoms with Gasteiger partial charge >= 0.3 is 0 Å². The molecule has 25 heavy (non-hydrogen) atoms. The zero-order chi connectivity index (χ0) is 17.5. The Kier molecular flexibility index (Phi) is 6.22. The van der Waals surface area contributed by atoms with Crippen LogP contribution in [-0.4, -0.2) is 64.2 Å². The van der Waals surface area contributed by atoms with Gasteiger partial charge in [-0.05, 0) is 45.0 Å². The van der Waals surface area contributed by atoms with E-state index in [9.17, 15) is 0 Å². The van der Waals surface area contributed by atoms with Crippen molar-refractivity contribution in [1.29, 1.82) is 0 Å². The monoisotopic (exact) mass is 343 g/mol. The maximum absolute atomic E-state index is 4.78. The molecule has 1 saturated heterocycles. The van der Waals surface area contributed by atoms with E-state index in [0.717, 1.165) is 50.0 Å². The first-order valence-electron chi connectivity index (χ1n) is 9.36. The van der Waals surface area contributed by atoms with Crippen molar-refractivity contribution >= 4 is 11.6 Å². The fraction of sp³-hybridized carbons (Fsp3) is 0.611. The molecule has 0 aliphatic carbocycles. The lowest BCUT2D eigenvalue weighted by Crippen LogP contribution is -2.40. The number of likely N-dealkylation sites (tertiary alicyclic amines) is 1. The number of hydrogen-bond donors (Lipinski definition) is 2. The number of guanidine groups is 1. The van der Waals surface area contributed by atoms with E-state index in [1.54, 1.807) is 0 Å². The molecule has 1 fully saturated rings. The summed E-state index contributed by atoms with van der Waals surface area (Å²) < 4.78 is 2.03. The van der Waals surface area contributed by atoms with Gasteiger partial charge in [0.2, 0.25) is 0 Å². The molecule has 0 spiro atoms. The van der Waals surface area contributed by atoms with Crippen molar-refractivity contribution in [3.63, 3.8) is 0 Å². The second-order valence-electron chi connectivity index (χ2n) is 6.37. The van der Waals surface area contributed by atoms with Gasteiger partial charge in [0.25, 0.3) is 0 Å². The lowest BCUT2D eigenvalue weighted by atomic mass is 10.2. The third-order valence-electron chi connectivity index (χ3n) is 4.74. The Hall–Kier alpha value is -2.15. The first-order valence-corrected chi connectivity index (χ1v) is 9.36. The van der Waals surface area contributed by atoms with Crippen molar-refractivity contribution in [3.05, 3.63) is 30.2 Å². The summed E-state index contributed by atoms with van der Waals surface area (Å²) in [6, 6.07) is 6.53. The van der Waals surface area contributed by atoms with Crippen molar-refractivity contribution < 1.29 is 0 Å². The molecule has 2 aromatic heterocycles. The molecule has 2 N–H and O–H groups in total. The van der Waals surface area contributed by atoms with E-state index in [0.29, 0.717) is 6.04 Å². The molecule has 0 radical (unpaired) electrons. The standard InChI is InChI=1S/C18H29N7/c1-3-19-18(21-14-15-8-7-12-24(15)4-2)20-11-10-17-23-22-16-9-5-6-13-25(16)17/h5-6,9,13,15H,3-4,7-8,10-12,14H2,1-2H3,(H2,19,20,21). The highest BCUT2D eigenvalue weighted by Gasteiger charge is 2.22. The Balaban J connectivity index is 1.54. The van der Waals surface area contributed by atoms with E-state index < -0.39 is 0 Å². The van der Waals surface area contributed by atoms with Gasteiger partial charge in [-0.15, -0.1) is 10.2 Å². The van der Waals surface area contributed by atoms with E-state index >= 15 is 0 Å². The molecule has 7 heteroatoms. The van der Waals surface area contributed by atoms with Crippen molar-refractivity contribution in [2.45, 2.75) is 39.2 Å². The number of hydrogen-bond acceptors (Lipinski definition) is 4. The van der Waals surface area contributed by atoms with Crippen LogP contribution in [-0.2, 0) is 6.42 Å². The van der Waals surface area contributed by atoms with Crippen LogP contribution in [0.15, 0.2) is 29.4 Å². The minimum atomic E-state index is 0.584. The van der Waals surface area contributed by atoms with Gasteiger partial charge in [-0.2, -0.15) is 0 Å². The Labute approximate surface area is 149 Å². The normalized spacial score (nSPS) is 18.8. The van der Waals surface area contributed by atoms with Crippen LogP contribution < -0.4 is 10.6 Å². The van der Waals surface area contributed by atoms with Crippen LogP contribution in [0.1, 0.15) is 32.5 Å². The smallest absolute Gasteiger partial charge is 0.191 e. The van der Waals surface area contributed by atoms with Crippen LogP contribution >= 0.6 is 0 Å². The number of aliphatic imine (C=N–C) groups is 1. The van der Waals surface area contributed by atoms with Gasteiger partial charge in [-0.25, -0.2) is 0 Å². The topological polar surface area (TPSA) is 69.8 Å². The first kappa shape index (κ1) is 17.7. The quantitative estimate of drug-likeness (QED) is 0.586. The Bertz CT molecular complexity index is 694.